The van der Waals surface area contributed by atoms with Gasteiger partial charge in [0.2, 0.25) is 0 Å². The van der Waals surface area contributed by atoms with E-state index in [1.54, 1.807) is 17.8 Å². The molecule has 5 heterocycles. The minimum absolute atomic E-state index is 0.287. The van der Waals surface area contributed by atoms with Crippen molar-refractivity contribution in [3.8, 4) is 0 Å². The number of thiophene rings is 1. The Bertz CT molecular complexity index is 1360. The van der Waals surface area contributed by atoms with Crippen LogP contribution in [0, 0.1) is 13.8 Å². The summed E-state index contributed by atoms with van der Waals surface area (Å²) in [7, 11) is 0. The van der Waals surface area contributed by atoms with Gasteiger partial charge in [-0.15, -0.1) is 16.4 Å². The summed E-state index contributed by atoms with van der Waals surface area (Å²) in [5.41, 5.74) is 1.67. The van der Waals surface area contributed by atoms with Gasteiger partial charge in [-0.2, -0.15) is 18.3 Å². The van der Waals surface area contributed by atoms with Gasteiger partial charge < -0.3 is 0 Å². The first-order valence-corrected chi connectivity index (χ1v) is 9.12. The number of fused-ring (bicyclic) bond motifs is 5. The SMILES string of the molecule is Cc1cc(C(F)(F)F)nc2sc3c(ncn4nc(Cn5nccc5C)nc34)c12. The highest BCUT2D eigenvalue weighted by molar-refractivity contribution is 7.26. The van der Waals surface area contributed by atoms with Gasteiger partial charge in [0.1, 0.15) is 28.1 Å². The highest BCUT2D eigenvalue weighted by Crippen LogP contribution is 2.38. The number of alkyl halides is 3. The third-order valence-corrected chi connectivity index (χ3v) is 5.59. The number of hydrogen-bond acceptors (Lipinski definition) is 6. The predicted molar refractivity (Wildman–Crippen MR) is 97.3 cm³/mol. The van der Waals surface area contributed by atoms with Gasteiger partial charge in [0.15, 0.2) is 11.5 Å². The number of halogens is 3. The van der Waals surface area contributed by atoms with Crippen molar-refractivity contribution in [1.29, 1.82) is 0 Å². The number of aryl methyl sites for hydroxylation is 2. The van der Waals surface area contributed by atoms with E-state index in [9.17, 15) is 13.2 Å². The lowest BCUT2D eigenvalue weighted by atomic mass is 10.1. The molecule has 7 nitrogen and oxygen atoms in total. The third kappa shape index (κ3) is 2.53. The topological polar surface area (TPSA) is 73.8 Å². The van der Waals surface area contributed by atoms with Crippen LogP contribution in [-0.2, 0) is 12.7 Å². The third-order valence-electron chi connectivity index (χ3n) is 4.52. The van der Waals surface area contributed by atoms with Crippen LogP contribution in [0.3, 0.4) is 0 Å². The van der Waals surface area contributed by atoms with Crippen LogP contribution in [0.4, 0.5) is 13.2 Å². The lowest BCUT2D eigenvalue weighted by molar-refractivity contribution is -0.141. The van der Waals surface area contributed by atoms with E-state index in [4.69, 9.17) is 0 Å². The Morgan fingerprint density at radius 2 is 2.00 bits per heavy atom. The zero-order chi connectivity index (χ0) is 19.6. The quantitative estimate of drug-likeness (QED) is 0.449. The smallest absolute Gasteiger partial charge is 0.262 e. The van der Waals surface area contributed by atoms with Crippen LogP contribution < -0.4 is 0 Å². The molecular formula is C17H12F3N7S. The minimum Gasteiger partial charge on any atom is -0.262 e. The van der Waals surface area contributed by atoms with Gasteiger partial charge in [-0.3, -0.25) is 4.68 Å². The first kappa shape index (κ1) is 17.0. The first-order valence-electron chi connectivity index (χ1n) is 8.31. The highest BCUT2D eigenvalue weighted by atomic mass is 32.1. The normalized spacial score (nSPS) is 12.6. The van der Waals surface area contributed by atoms with Gasteiger partial charge in [-0.1, -0.05) is 0 Å². The molecule has 5 rings (SSSR count). The van der Waals surface area contributed by atoms with E-state index < -0.39 is 11.9 Å². The van der Waals surface area contributed by atoms with E-state index in [-0.39, 0.29) is 4.83 Å². The van der Waals surface area contributed by atoms with Gasteiger partial charge >= 0.3 is 6.18 Å². The van der Waals surface area contributed by atoms with Gasteiger partial charge in [-0.05, 0) is 31.5 Å². The maximum absolute atomic E-state index is 13.1. The second-order valence-corrected chi connectivity index (χ2v) is 7.45. The molecule has 0 aliphatic carbocycles. The standard InChI is InChI=1S/C17H12F3N7S/c1-8-5-10(17(18,19)20)23-16-12(8)13-14(28-16)15-24-11(25-27(15)7-21-13)6-26-9(2)3-4-22-26/h3-5,7H,6H2,1-2H3. The van der Waals surface area contributed by atoms with E-state index >= 15 is 0 Å². The molecular weight excluding hydrogens is 391 g/mol. The predicted octanol–water partition coefficient (Wildman–Crippen LogP) is 3.77. The average Bonchev–Trinajstić information content (AvgIpc) is 3.30. The summed E-state index contributed by atoms with van der Waals surface area (Å²) in [6.45, 7) is 3.96. The van der Waals surface area contributed by atoms with Gasteiger partial charge in [0.25, 0.3) is 0 Å². The van der Waals surface area contributed by atoms with Crippen LogP contribution in [-0.4, -0.2) is 34.3 Å². The van der Waals surface area contributed by atoms with Gasteiger partial charge in [0.05, 0.1) is 5.52 Å². The summed E-state index contributed by atoms with van der Waals surface area (Å²) >= 11 is 1.14. The zero-order valence-electron chi connectivity index (χ0n) is 14.7. The lowest BCUT2D eigenvalue weighted by Crippen LogP contribution is -2.07. The van der Waals surface area contributed by atoms with Crippen LogP contribution >= 0.6 is 11.3 Å². The molecule has 0 amide bonds. The number of nitrogens with zero attached hydrogens (tertiary/aromatic N) is 7. The number of aromatic nitrogens is 7. The molecule has 11 heteroatoms. The van der Waals surface area contributed by atoms with Crippen LogP contribution in [0.2, 0.25) is 0 Å². The molecule has 0 aliphatic heterocycles. The molecule has 0 bridgehead atoms. The summed E-state index contributed by atoms with van der Waals surface area (Å²) < 4.78 is 43.3. The second kappa shape index (κ2) is 5.71. The lowest BCUT2D eigenvalue weighted by Gasteiger charge is -2.06. The molecule has 142 valence electrons. The molecule has 0 aliphatic rings. The molecule has 0 saturated heterocycles. The van der Waals surface area contributed by atoms with Crippen molar-refractivity contribution in [3.05, 3.63) is 47.4 Å². The molecule has 0 saturated carbocycles. The fraction of sp³-hybridized carbons (Fsp3) is 0.235. The van der Waals surface area contributed by atoms with Crippen molar-refractivity contribution in [2.75, 3.05) is 0 Å². The Hall–Kier alpha value is -3.08. The maximum atomic E-state index is 13.1. The Morgan fingerprint density at radius 3 is 2.71 bits per heavy atom. The number of rotatable bonds is 2. The maximum Gasteiger partial charge on any atom is 0.433 e. The van der Waals surface area contributed by atoms with Crippen molar-refractivity contribution < 1.29 is 13.2 Å². The van der Waals surface area contributed by atoms with Crippen LogP contribution in [0.25, 0.3) is 26.1 Å². The van der Waals surface area contributed by atoms with Crippen molar-refractivity contribution in [3.63, 3.8) is 0 Å². The van der Waals surface area contributed by atoms with Crippen LogP contribution in [0.1, 0.15) is 22.8 Å². The molecule has 0 fully saturated rings. The van der Waals surface area contributed by atoms with Crippen LogP contribution in [0.5, 0.6) is 0 Å². The summed E-state index contributed by atoms with van der Waals surface area (Å²) in [6.07, 6.45) is -1.28. The van der Waals surface area contributed by atoms with E-state index in [1.807, 2.05) is 13.0 Å². The molecule has 0 atom stereocenters. The Balaban J connectivity index is 1.72. The highest BCUT2D eigenvalue weighted by Gasteiger charge is 2.33. The van der Waals surface area contributed by atoms with E-state index in [0.29, 0.717) is 39.2 Å². The summed E-state index contributed by atoms with van der Waals surface area (Å²) in [5, 5.41) is 9.25. The van der Waals surface area contributed by atoms with E-state index in [1.165, 1.54) is 10.8 Å². The van der Waals surface area contributed by atoms with Gasteiger partial charge in [0, 0.05) is 17.3 Å². The van der Waals surface area contributed by atoms with E-state index in [0.717, 1.165) is 23.1 Å². The van der Waals surface area contributed by atoms with E-state index in [2.05, 4.69) is 25.1 Å². The molecule has 0 spiro atoms. The Morgan fingerprint density at radius 1 is 1.18 bits per heavy atom. The molecule has 0 radical (unpaired) electrons. The molecule has 0 N–H and O–H groups in total. The van der Waals surface area contributed by atoms with Crippen LogP contribution in [0.15, 0.2) is 24.7 Å². The minimum atomic E-state index is -4.50. The molecule has 5 aromatic rings. The Kier molecular flexibility index (Phi) is 3.48. The summed E-state index contributed by atoms with van der Waals surface area (Å²) in [6, 6.07) is 2.93. The summed E-state index contributed by atoms with van der Waals surface area (Å²) in [5.74, 6) is 0.541. The molecule has 5 aromatic heterocycles. The van der Waals surface area contributed by atoms with Crippen molar-refractivity contribution in [1.82, 2.24) is 34.3 Å². The van der Waals surface area contributed by atoms with Crippen molar-refractivity contribution >= 4 is 37.4 Å². The van der Waals surface area contributed by atoms with Crippen molar-refractivity contribution in [2.24, 2.45) is 0 Å². The molecule has 0 aromatic carbocycles. The second-order valence-electron chi connectivity index (χ2n) is 6.45. The monoisotopic (exact) mass is 403 g/mol. The summed E-state index contributed by atoms with van der Waals surface area (Å²) in [4.78, 5) is 13.1. The zero-order valence-corrected chi connectivity index (χ0v) is 15.5. The average molecular weight is 403 g/mol. The number of hydrogen-bond donors (Lipinski definition) is 0. The number of pyridine rings is 1. The molecule has 28 heavy (non-hydrogen) atoms. The molecule has 0 unspecified atom stereocenters. The van der Waals surface area contributed by atoms with Crippen molar-refractivity contribution in [2.45, 2.75) is 26.6 Å². The largest absolute Gasteiger partial charge is 0.433 e. The fourth-order valence-corrected chi connectivity index (χ4v) is 4.34. The Labute approximate surface area is 159 Å². The first-order chi connectivity index (χ1) is 13.3. The van der Waals surface area contributed by atoms with Gasteiger partial charge in [-0.25, -0.2) is 19.5 Å². The fourth-order valence-electron chi connectivity index (χ4n) is 3.16.